The second-order valence-corrected chi connectivity index (χ2v) is 6.05. The van der Waals surface area contributed by atoms with Crippen molar-refractivity contribution in [2.24, 2.45) is 5.92 Å². The van der Waals surface area contributed by atoms with E-state index in [0.717, 1.165) is 16.7 Å². The smallest absolute Gasteiger partial charge is 0.228 e. The van der Waals surface area contributed by atoms with Crippen molar-refractivity contribution in [3.8, 4) is 0 Å². The number of benzene rings is 1. The summed E-state index contributed by atoms with van der Waals surface area (Å²) in [5.74, 6) is 0.111. The van der Waals surface area contributed by atoms with Gasteiger partial charge in [-0.2, -0.15) is 15.0 Å². The van der Waals surface area contributed by atoms with E-state index in [1.165, 1.54) is 6.92 Å². The quantitative estimate of drug-likeness (QED) is 0.805. The monoisotopic (exact) mass is 317 g/mol. The number of nitrogens with one attached hydrogen (secondary N) is 1. The van der Waals surface area contributed by atoms with Gasteiger partial charge in [-0.3, -0.25) is 0 Å². The minimum atomic E-state index is -1.33. The molecule has 23 heavy (non-hydrogen) atoms. The minimum absolute atomic E-state index is 0.00401. The molecule has 7 heteroatoms. The van der Waals surface area contributed by atoms with Crippen LogP contribution in [0.25, 0.3) is 0 Å². The molecule has 1 aromatic carbocycles. The standard InChI is InChI=1S/C16H20FN5O/c1-7-4-5-10-11(6-7)12(8(2)13(10)23)19-16-21-14(9(3)17)20-15(18)22-16/h4-6,8-9,12-13,23H,1-3H3,(H3,18,19,20,21,22)/t8-,9?,12-,13-/m0/s1. The lowest BCUT2D eigenvalue weighted by Gasteiger charge is -2.20. The van der Waals surface area contributed by atoms with Crippen molar-refractivity contribution >= 4 is 11.9 Å². The summed E-state index contributed by atoms with van der Waals surface area (Å²) in [6.45, 7) is 5.29. The molecule has 0 saturated heterocycles. The molecule has 0 aliphatic heterocycles. The Labute approximate surface area is 134 Å². The van der Waals surface area contributed by atoms with Crippen molar-refractivity contribution < 1.29 is 9.50 Å². The number of anilines is 2. The molecule has 122 valence electrons. The molecule has 0 bridgehead atoms. The molecule has 0 amide bonds. The van der Waals surface area contributed by atoms with Gasteiger partial charge in [0.15, 0.2) is 12.0 Å². The molecule has 6 nitrogen and oxygen atoms in total. The van der Waals surface area contributed by atoms with Crippen LogP contribution in [0.3, 0.4) is 0 Å². The normalized spacial score (nSPS) is 24.3. The predicted octanol–water partition coefficient (Wildman–Crippen LogP) is 2.63. The Hall–Kier alpha value is -2.28. The van der Waals surface area contributed by atoms with Crippen LogP contribution in [0.1, 0.15) is 54.7 Å². The number of rotatable bonds is 3. The summed E-state index contributed by atoms with van der Waals surface area (Å²) in [6.07, 6.45) is -1.90. The molecule has 1 aliphatic carbocycles. The molecule has 0 spiro atoms. The molecule has 1 unspecified atom stereocenters. The van der Waals surface area contributed by atoms with E-state index >= 15 is 0 Å². The van der Waals surface area contributed by atoms with Crippen molar-refractivity contribution in [2.45, 2.75) is 39.1 Å². The Morgan fingerprint density at radius 3 is 2.70 bits per heavy atom. The third kappa shape index (κ3) is 2.84. The van der Waals surface area contributed by atoms with Crippen LogP contribution in [0, 0.1) is 12.8 Å². The predicted molar refractivity (Wildman–Crippen MR) is 85.4 cm³/mol. The first kappa shape index (κ1) is 15.6. The highest BCUT2D eigenvalue weighted by molar-refractivity contribution is 5.45. The third-order valence-corrected chi connectivity index (χ3v) is 4.23. The minimum Gasteiger partial charge on any atom is -0.388 e. The van der Waals surface area contributed by atoms with E-state index in [2.05, 4.69) is 20.3 Å². The number of nitrogens with two attached hydrogens (primary N) is 1. The molecule has 3 rings (SSSR count). The molecule has 4 N–H and O–H groups in total. The average Bonchev–Trinajstić information content (AvgIpc) is 2.71. The highest BCUT2D eigenvalue weighted by Crippen LogP contribution is 2.45. The Bertz CT molecular complexity index is 736. The lowest BCUT2D eigenvalue weighted by molar-refractivity contribution is 0.124. The molecule has 1 aromatic heterocycles. The van der Waals surface area contributed by atoms with E-state index in [1.807, 2.05) is 32.0 Å². The number of nitrogen functional groups attached to an aromatic ring is 1. The number of aliphatic hydroxyl groups excluding tert-OH is 1. The van der Waals surface area contributed by atoms with Crippen LogP contribution in [-0.4, -0.2) is 20.1 Å². The van der Waals surface area contributed by atoms with Crippen molar-refractivity contribution in [1.82, 2.24) is 15.0 Å². The maximum atomic E-state index is 13.5. The van der Waals surface area contributed by atoms with Crippen molar-refractivity contribution in [2.75, 3.05) is 11.1 Å². The molecule has 0 fully saturated rings. The molecular weight excluding hydrogens is 297 g/mol. The molecular formula is C16H20FN5O. The maximum Gasteiger partial charge on any atom is 0.228 e. The molecule has 0 radical (unpaired) electrons. The van der Waals surface area contributed by atoms with Gasteiger partial charge in [0, 0.05) is 5.92 Å². The zero-order chi connectivity index (χ0) is 16.7. The number of aryl methyl sites for hydroxylation is 1. The fraction of sp³-hybridized carbons (Fsp3) is 0.438. The number of aromatic nitrogens is 3. The summed E-state index contributed by atoms with van der Waals surface area (Å²) < 4.78 is 13.5. The molecule has 0 saturated carbocycles. The van der Waals surface area contributed by atoms with Gasteiger partial charge in [0.2, 0.25) is 11.9 Å². The second-order valence-electron chi connectivity index (χ2n) is 6.05. The number of halogens is 1. The maximum absolute atomic E-state index is 13.5. The number of hydrogen-bond donors (Lipinski definition) is 3. The van der Waals surface area contributed by atoms with Crippen LogP contribution < -0.4 is 11.1 Å². The Balaban J connectivity index is 1.96. The topological polar surface area (TPSA) is 97.0 Å². The molecule has 2 aromatic rings. The Kier molecular flexibility index (Phi) is 3.89. The van der Waals surface area contributed by atoms with E-state index in [9.17, 15) is 9.50 Å². The largest absolute Gasteiger partial charge is 0.388 e. The Morgan fingerprint density at radius 1 is 1.26 bits per heavy atom. The van der Waals surface area contributed by atoms with Gasteiger partial charge < -0.3 is 16.2 Å². The van der Waals surface area contributed by atoms with Gasteiger partial charge in [-0.1, -0.05) is 30.7 Å². The van der Waals surface area contributed by atoms with Crippen LogP contribution in [0.2, 0.25) is 0 Å². The first-order valence-corrected chi connectivity index (χ1v) is 7.57. The zero-order valence-electron chi connectivity index (χ0n) is 13.3. The third-order valence-electron chi connectivity index (χ3n) is 4.23. The van der Waals surface area contributed by atoms with E-state index < -0.39 is 12.3 Å². The van der Waals surface area contributed by atoms with Crippen LogP contribution in [0.4, 0.5) is 16.3 Å². The number of nitrogens with zero attached hydrogens (tertiary/aromatic N) is 3. The Morgan fingerprint density at radius 2 is 2.00 bits per heavy atom. The summed E-state index contributed by atoms with van der Waals surface area (Å²) in [5, 5.41) is 13.6. The zero-order valence-corrected chi connectivity index (χ0v) is 13.3. The van der Waals surface area contributed by atoms with Gasteiger partial charge in [0.05, 0.1) is 12.1 Å². The van der Waals surface area contributed by atoms with Crippen LogP contribution in [-0.2, 0) is 0 Å². The SMILES string of the molecule is Cc1ccc2c(c1)[C@@H](Nc1nc(N)nc(C(C)F)n1)[C@H](C)[C@@H]2O. The molecule has 4 atom stereocenters. The second kappa shape index (κ2) is 5.73. The summed E-state index contributed by atoms with van der Waals surface area (Å²) >= 11 is 0. The average molecular weight is 317 g/mol. The molecule has 1 aliphatic rings. The van der Waals surface area contributed by atoms with Gasteiger partial charge >= 0.3 is 0 Å². The van der Waals surface area contributed by atoms with Crippen LogP contribution in [0.5, 0.6) is 0 Å². The van der Waals surface area contributed by atoms with Gasteiger partial charge in [0.1, 0.15) is 0 Å². The highest BCUT2D eigenvalue weighted by Gasteiger charge is 2.37. The number of aliphatic hydroxyl groups is 1. The van der Waals surface area contributed by atoms with Crippen LogP contribution >= 0.6 is 0 Å². The van der Waals surface area contributed by atoms with Crippen molar-refractivity contribution in [3.05, 3.63) is 40.7 Å². The van der Waals surface area contributed by atoms with E-state index in [0.29, 0.717) is 0 Å². The fourth-order valence-corrected chi connectivity index (χ4v) is 2.98. The summed E-state index contributed by atoms with van der Waals surface area (Å²) in [4.78, 5) is 11.9. The first-order chi connectivity index (χ1) is 10.9. The van der Waals surface area contributed by atoms with Crippen molar-refractivity contribution in [3.63, 3.8) is 0 Å². The molecule has 1 heterocycles. The van der Waals surface area contributed by atoms with E-state index in [1.54, 1.807) is 0 Å². The highest BCUT2D eigenvalue weighted by atomic mass is 19.1. The summed E-state index contributed by atoms with van der Waals surface area (Å²) in [6, 6.07) is 5.76. The van der Waals surface area contributed by atoms with Gasteiger partial charge in [-0.15, -0.1) is 0 Å². The van der Waals surface area contributed by atoms with Gasteiger partial charge in [-0.25, -0.2) is 4.39 Å². The number of hydrogen-bond acceptors (Lipinski definition) is 6. The lowest BCUT2D eigenvalue weighted by atomic mass is 10.0. The first-order valence-electron chi connectivity index (χ1n) is 7.57. The van der Waals surface area contributed by atoms with E-state index in [-0.39, 0.29) is 29.7 Å². The summed E-state index contributed by atoms with van der Waals surface area (Å²) in [7, 11) is 0. The number of alkyl halides is 1. The summed E-state index contributed by atoms with van der Waals surface area (Å²) in [5.41, 5.74) is 8.63. The van der Waals surface area contributed by atoms with E-state index in [4.69, 9.17) is 5.73 Å². The van der Waals surface area contributed by atoms with Gasteiger partial charge in [0.25, 0.3) is 0 Å². The van der Waals surface area contributed by atoms with Crippen molar-refractivity contribution in [1.29, 1.82) is 0 Å². The lowest BCUT2D eigenvalue weighted by Crippen LogP contribution is -2.19. The number of fused-ring (bicyclic) bond motifs is 1. The fourth-order valence-electron chi connectivity index (χ4n) is 2.98. The van der Waals surface area contributed by atoms with Gasteiger partial charge in [-0.05, 0) is 25.0 Å². The van der Waals surface area contributed by atoms with Crippen LogP contribution in [0.15, 0.2) is 18.2 Å².